The van der Waals surface area contributed by atoms with Crippen LogP contribution in [0.2, 0.25) is 5.02 Å². The summed E-state index contributed by atoms with van der Waals surface area (Å²) in [4.78, 5) is 11.7. The van der Waals surface area contributed by atoms with Gasteiger partial charge in [-0.25, -0.2) is 0 Å². The standard InChI is InChI=1S/C14H19ClN2O/c1-10(14(18)17-13-6-7-13)16-9-8-11-2-4-12(15)5-3-11/h2-5,10,13,16H,6-9H2,1H3,(H,17,18). The molecule has 0 aliphatic heterocycles. The first-order valence-electron chi connectivity index (χ1n) is 6.43. The largest absolute Gasteiger partial charge is 0.352 e. The minimum atomic E-state index is -0.127. The molecule has 1 atom stereocenters. The molecule has 1 saturated carbocycles. The first-order chi connectivity index (χ1) is 8.65. The lowest BCUT2D eigenvalue weighted by molar-refractivity contribution is -0.122. The normalized spacial score (nSPS) is 16.3. The van der Waals surface area contributed by atoms with Crippen molar-refractivity contribution in [2.45, 2.75) is 38.3 Å². The van der Waals surface area contributed by atoms with Crippen LogP contribution in [0.5, 0.6) is 0 Å². The van der Waals surface area contributed by atoms with Crippen molar-refractivity contribution in [3.05, 3.63) is 34.9 Å². The second kappa shape index (κ2) is 6.21. The third-order valence-corrected chi connectivity index (χ3v) is 3.35. The van der Waals surface area contributed by atoms with E-state index < -0.39 is 0 Å². The molecular formula is C14H19ClN2O. The summed E-state index contributed by atoms with van der Waals surface area (Å²) >= 11 is 5.82. The highest BCUT2D eigenvalue weighted by atomic mass is 35.5. The molecule has 1 aromatic carbocycles. The Labute approximate surface area is 113 Å². The molecule has 2 rings (SSSR count). The SMILES string of the molecule is CC(NCCc1ccc(Cl)cc1)C(=O)NC1CC1. The van der Waals surface area contributed by atoms with Crippen molar-refractivity contribution < 1.29 is 4.79 Å². The molecule has 1 aromatic rings. The van der Waals surface area contributed by atoms with E-state index in [-0.39, 0.29) is 11.9 Å². The van der Waals surface area contributed by atoms with Crippen LogP contribution in [-0.4, -0.2) is 24.5 Å². The molecule has 0 radical (unpaired) electrons. The van der Waals surface area contributed by atoms with Gasteiger partial charge in [-0.1, -0.05) is 23.7 Å². The first kappa shape index (κ1) is 13.4. The average Bonchev–Trinajstić information content (AvgIpc) is 3.15. The van der Waals surface area contributed by atoms with Gasteiger partial charge in [0.1, 0.15) is 0 Å². The predicted molar refractivity (Wildman–Crippen MR) is 73.8 cm³/mol. The molecule has 1 amide bonds. The Bertz CT molecular complexity index is 401. The van der Waals surface area contributed by atoms with Crippen molar-refractivity contribution in [2.75, 3.05) is 6.54 Å². The predicted octanol–water partition coefficient (Wildman–Crippen LogP) is 2.14. The van der Waals surface area contributed by atoms with E-state index in [1.807, 2.05) is 31.2 Å². The summed E-state index contributed by atoms with van der Waals surface area (Å²) in [5.74, 6) is 0.105. The number of amides is 1. The van der Waals surface area contributed by atoms with Gasteiger partial charge in [0.25, 0.3) is 0 Å². The molecule has 0 aromatic heterocycles. The Morgan fingerprint density at radius 2 is 2.06 bits per heavy atom. The Kier molecular flexibility index (Phi) is 4.61. The minimum absolute atomic E-state index is 0.105. The van der Waals surface area contributed by atoms with Crippen molar-refractivity contribution in [1.82, 2.24) is 10.6 Å². The van der Waals surface area contributed by atoms with E-state index in [2.05, 4.69) is 10.6 Å². The molecule has 4 heteroatoms. The van der Waals surface area contributed by atoms with Gasteiger partial charge in [-0.2, -0.15) is 0 Å². The lowest BCUT2D eigenvalue weighted by Crippen LogP contribution is -2.43. The van der Waals surface area contributed by atoms with Crippen LogP contribution in [0.15, 0.2) is 24.3 Å². The molecule has 1 aliphatic carbocycles. The number of carbonyl (C=O) groups is 1. The van der Waals surface area contributed by atoms with Gasteiger partial charge in [0.05, 0.1) is 6.04 Å². The molecule has 3 nitrogen and oxygen atoms in total. The molecule has 1 fully saturated rings. The summed E-state index contributed by atoms with van der Waals surface area (Å²) in [5, 5.41) is 6.98. The molecule has 1 unspecified atom stereocenters. The topological polar surface area (TPSA) is 41.1 Å². The summed E-state index contributed by atoms with van der Waals surface area (Å²) in [6.45, 7) is 2.69. The van der Waals surface area contributed by atoms with Crippen LogP contribution >= 0.6 is 11.6 Å². The number of benzene rings is 1. The van der Waals surface area contributed by atoms with Crippen molar-refractivity contribution in [3.8, 4) is 0 Å². The van der Waals surface area contributed by atoms with Crippen molar-refractivity contribution in [2.24, 2.45) is 0 Å². The van der Waals surface area contributed by atoms with E-state index in [1.165, 1.54) is 5.56 Å². The zero-order valence-corrected chi connectivity index (χ0v) is 11.3. The number of nitrogens with one attached hydrogen (secondary N) is 2. The van der Waals surface area contributed by atoms with Gasteiger partial charge in [0, 0.05) is 11.1 Å². The number of carbonyl (C=O) groups excluding carboxylic acids is 1. The average molecular weight is 267 g/mol. The zero-order valence-electron chi connectivity index (χ0n) is 10.6. The van der Waals surface area contributed by atoms with Gasteiger partial charge in [0.2, 0.25) is 5.91 Å². The molecular weight excluding hydrogens is 248 g/mol. The van der Waals surface area contributed by atoms with Crippen LogP contribution in [0.4, 0.5) is 0 Å². The summed E-state index contributed by atoms with van der Waals surface area (Å²) in [6.07, 6.45) is 3.16. The van der Waals surface area contributed by atoms with Crippen molar-refractivity contribution in [1.29, 1.82) is 0 Å². The second-order valence-electron chi connectivity index (χ2n) is 4.84. The van der Waals surface area contributed by atoms with Crippen LogP contribution in [0.1, 0.15) is 25.3 Å². The Hall–Kier alpha value is -1.06. The number of hydrogen-bond donors (Lipinski definition) is 2. The van der Waals surface area contributed by atoms with E-state index in [0.29, 0.717) is 6.04 Å². The Morgan fingerprint density at radius 3 is 2.67 bits per heavy atom. The Morgan fingerprint density at radius 1 is 1.39 bits per heavy atom. The fraction of sp³-hybridized carbons (Fsp3) is 0.500. The van der Waals surface area contributed by atoms with Crippen LogP contribution < -0.4 is 10.6 Å². The molecule has 18 heavy (non-hydrogen) atoms. The fourth-order valence-electron chi connectivity index (χ4n) is 1.73. The maximum absolute atomic E-state index is 11.7. The number of hydrogen-bond acceptors (Lipinski definition) is 2. The van der Waals surface area contributed by atoms with Gasteiger partial charge in [0.15, 0.2) is 0 Å². The third kappa shape index (κ3) is 4.31. The van der Waals surface area contributed by atoms with Crippen LogP contribution in [0.25, 0.3) is 0 Å². The molecule has 0 saturated heterocycles. The summed E-state index contributed by atoms with van der Waals surface area (Å²) in [5.41, 5.74) is 1.22. The van der Waals surface area contributed by atoms with Gasteiger partial charge in [-0.05, 0) is 50.4 Å². The number of rotatable bonds is 6. The smallest absolute Gasteiger partial charge is 0.237 e. The van der Waals surface area contributed by atoms with E-state index >= 15 is 0 Å². The maximum Gasteiger partial charge on any atom is 0.237 e. The highest BCUT2D eigenvalue weighted by Gasteiger charge is 2.25. The monoisotopic (exact) mass is 266 g/mol. The van der Waals surface area contributed by atoms with Crippen LogP contribution in [-0.2, 0) is 11.2 Å². The van der Waals surface area contributed by atoms with Gasteiger partial charge in [-0.3, -0.25) is 4.79 Å². The zero-order chi connectivity index (χ0) is 13.0. The molecule has 2 N–H and O–H groups in total. The minimum Gasteiger partial charge on any atom is -0.352 e. The summed E-state index contributed by atoms with van der Waals surface area (Å²) < 4.78 is 0. The lowest BCUT2D eigenvalue weighted by atomic mass is 10.1. The summed E-state index contributed by atoms with van der Waals surface area (Å²) in [7, 11) is 0. The van der Waals surface area contributed by atoms with E-state index in [0.717, 1.165) is 30.8 Å². The highest BCUT2D eigenvalue weighted by Crippen LogP contribution is 2.18. The summed E-state index contributed by atoms with van der Waals surface area (Å²) in [6, 6.07) is 8.11. The highest BCUT2D eigenvalue weighted by molar-refractivity contribution is 6.30. The molecule has 0 spiro atoms. The first-order valence-corrected chi connectivity index (χ1v) is 6.81. The van der Waals surface area contributed by atoms with Gasteiger partial charge in [-0.15, -0.1) is 0 Å². The fourth-order valence-corrected chi connectivity index (χ4v) is 1.86. The second-order valence-corrected chi connectivity index (χ2v) is 5.27. The van der Waals surface area contributed by atoms with Gasteiger partial charge < -0.3 is 10.6 Å². The van der Waals surface area contributed by atoms with Crippen molar-refractivity contribution in [3.63, 3.8) is 0 Å². The molecule has 0 heterocycles. The number of halogens is 1. The third-order valence-electron chi connectivity index (χ3n) is 3.09. The quantitative estimate of drug-likeness (QED) is 0.828. The van der Waals surface area contributed by atoms with E-state index in [1.54, 1.807) is 0 Å². The maximum atomic E-state index is 11.7. The molecule has 98 valence electrons. The van der Waals surface area contributed by atoms with Crippen LogP contribution in [0, 0.1) is 0 Å². The molecule has 0 bridgehead atoms. The van der Waals surface area contributed by atoms with Crippen molar-refractivity contribution >= 4 is 17.5 Å². The lowest BCUT2D eigenvalue weighted by Gasteiger charge is -2.13. The van der Waals surface area contributed by atoms with E-state index in [9.17, 15) is 4.79 Å². The van der Waals surface area contributed by atoms with Gasteiger partial charge >= 0.3 is 0 Å². The van der Waals surface area contributed by atoms with E-state index in [4.69, 9.17) is 11.6 Å². The molecule has 1 aliphatic rings. The Balaban J connectivity index is 1.67. The van der Waals surface area contributed by atoms with Crippen LogP contribution in [0.3, 0.4) is 0 Å².